The van der Waals surface area contributed by atoms with Gasteiger partial charge in [0.15, 0.2) is 0 Å². The van der Waals surface area contributed by atoms with Gasteiger partial charge in [-0.1, -0.05) is 18.2 Å². The van der Waals surface area contributed by atoms with E-state index in [2.05, 4.69) is 53.3 Å². The van der Waals surface area contributed by atoms with Gasteiger partial charge in [-0.2, -0.15) is 5.26 Å². The zero-order valence-electron chi connectivity index (χ0n) is 12.5. The lowest BCUT2D eigenvalue weighted by Crippen LogP contribution is -2.31. The molecule has 22 heavy (non-hydrogen) atoms. The van der Waals surface area contributed by atoms with E-state index in [1.54, 1.807) is 0 Å². The average molecular weight is 287 g/mol. The van der Waals surface area contributed by atoms with E-state index in [-0.39, 0.29) is 0 Å². The molecule has 0 saturated heterocycles. The number of likely N-dealkylation sites (N-methyl/N-ethyl adjacent to an activating group) is 1. The highest BCUT2D eigenvalue weighted by atomic mass is 15.1. The summed E-state index contributed by atoms with van der Waals surface area (Å²) in [5.41, 5.74) is 5.87. The number of H-pyrrole nitrogens is 1. The van der Waals surface area contributed by atoms with Crippen molar-refractivity contribution in [3.8, 4) is 6.07 Å². The molecule has 1 N–H and O–H groups in total. The molecule has 2 heterocycles. The summed E-state index contributed by atoms with van der Waals surface area (Å²) in [6, 6.07) is 17.1. The average Bonchev–Trinajstić information content (AvgIpc) is 3.00. The molecule has 3 aromatic rings. The molecule has 2 aromatic carbocycles. The Morgan fingerprint density at radius 1 is 1.18 bits per heavy atom. The van der Waals surface area contributed by atoms with Crippen molar-refractivity contribution >= 4 is 10.9 Å². The molecule has 0 bridgehead atoms. The molecule has 0 amide bonds. The van der Waals surface area contributed by atoms with Gasteiger partial charge < -0.3 is 9.88 Å². The maximum absolute atomic E-state index is 9.11. The summed E-state index contributed by atoms with van der Waals surface area (Å²) >= 11 is 0. The molecular weight excluding hydrogens is 270 g/mol. The van der Waals surface area contributed by atoms with Gasteiger partial charge in [0, 0.05) is 30.7 Å². The molecule has 1 aliphatic heterocycles. The maximum atomic E-state index is 9.11. The number of fused-ring (bicyclic) bond motifs is 2. The Bertz CT molecular complexity index is 885. The summed E-state index contributed by atoms with van der Waals surface area (Å²) in [4.78, 5) is 5.62. The third kappa shape index (κ3) is 2.09. The smallest absolute Gasteiger partial charge is 0.0991 e. The second-order valence-electron chi connectivity index (χ2n) is 6.10. The Labute approximate surface area is 129 Å². The van der Waals surface area contributed by atoms with Gasteiger partial charge in [-0.3, -0.25) is 0 Å². The van der Waals surface area contributed by atoms with Gasteiger partial charge >= 0.3 is 0 Å². The van der Waals surface area contributed by atoms with Crippen LogP contribution in [0.1, 0.15) is 28.2 Å². The Hall–Kier alpha value is -2.57. The van der Waals surface area contributed by atoms with Gasteiger partial charge in [0.1, 0.15) is 0 Å². The molecule has 3 heteroatoms. The number of hydrogen-bond acceptors (Lipinski definition) is 2. The fourth-order valence-corrected chi connectivity index (χ4v) is 3.48. The predicted octanol–water partition coefficient (Wildman–Crippen LogP) is 3.62. The van der Waals surface area contributed by atoms with Crippen molar-refractivity contribution in [3.63, 3.8) is 0 Å². The molecular formula is C19H17N3. The molecule has 0 saturated carbocycles. The Kier molecular flexibility index (Phi) is 2.99. The van der Waals surface area contributed by atoms with E-state index in [1.807, 2.05) is 18.3 Å². The standard InChI is InChI=1S/C19H17N3/c1-22-11-16-8-13(10-20)2-5-17(16)18(12-22)15-4-3-14-6-7-21-19(14)9-15/h2-9,18,21H,11-12H2,1H3. The van der Waals surface area contributed by atoms with Crippen LogP contribution in [0, 0.1) is 11.3 Å². The number of rotatable bonds is 1. The normalized spacial score (nSPS) is 18.1. The Balaban J connectivity index is 1.83. The second-order valence-corrected chi connectivity index (χ2v) is 6.10. The van der Waals surface area contributed by atoms with Crippen molar-refractivity contribution in [2.75, 3.05) is 13.6 Å². The van der Waals surface area contributed by atoms with Gasteiger partial charge in [0.2, 0.25) is 0 Å². The van der Waals surface area contributed by atoms with Crippen molar-refractivity contribution < 1.29 is 0 Å². The first kappa shape index (κ1) is 13.1. The summed E-state index contributed by atoms with van der Waals surface area (Å²) in [6.45, 7) is 1.91. The molecule has 1 aliphatic rings. The third-order valence-corrected chi connectivity index (χ3v) is 4.56. The molecule has 0 radical (unpaired) electrons. The van der Waals surface area contributed by atoms with Gasteiger partial charge in [-0.25, -0.2) is 0 Å². The minimum Gasteiger partial charge on any atom is -0.361 e. The third-order valence-electron chi connectivity index (χ3n) is 4.56. The first-order valence-electron chi connectivity index (χ1n) is 7.53. The largest absolute Gasteiger partial charge is 0.361 e. The molecule has 0 fully saturated rings. The highest BCUT2D eigenvalue weighted by Gasteiger charge is 2.25. The molecule has 4 rings (SSSR count). The quantitative estimate of drug-likeness (QED) is 0.743. The number of aromatic amines is 1. The van der Waals surface area contributed by atoms with Crippen molar-refractivity contribution in [3.05, 3.63) is 70.9 Å². The van der Waals surface area contributed by atoms with E-state index in [0.717, 1.165) is 18.7 Å². The van der Waals surface area contributed by atoms with Crippen LogP contribution in [0.5, 0.6) is 0 Å². The van der Waals surface area contributed by atoms with E-state index in [4.69, 9.17) is 5.26 Å². The monoisotopic (exact) mass is 287 g/mol. The SMILES string of the molecule is CN1Cc2cc(C#N)ccc2C(c2ccc3cc[nH]c3c2)C1. The lowest BCUT2D eigenvalue weighted by Gasteiger charge is -2.32. The van der Waals surface area contributed by atoms with Crippen molar-refractivity contribution in [1.82, 2.24) is 9.88 Å². The van der Waals surface area contributed by atoms with E-state index in [0.29, 0.717) is 5.92 Å². The van der Waals surface area contributed by atoms with E-state index in [9.17, 15) is 0 Å². The number of nitrogens with zero attached hydrogens (tertiary/aromatic N) is 2. The van der Waals surface area contributed by atoms with E-state index >= 15 is 0 Å². The van der Waals surface area contributed by atoms with Crippen LogP contribution >= 0.6 is 0 Å². The molecule has 1 unspecified atom stereocenters. The summed E-state index contributed by atoms with van der Waals surface area (Å²) in [7, 11) is 2.14. The van der Waals surface area contributed by atoms with Crippen LogP contribution in [-0.4, -0.2) is 23.5 Å². The van der Waals surface area contributed by atoms with Gasteiger partial charge in [0.25, 0.3) is 0 Å². The summed E-state index contributed by atoms with van der Waals surface area (Å²) in [6.07, 6.45) is 1.98. The number of hydrogen-bond donors (Lipinski definition) is 1. The minimum atomic E-state index is 0.356. The molecule has 3 nitrogen and oxygen atoms in total. The number of nitrogens with one attached hydrogen (secondary N) is 1. The maximum Gasteiger partial charge on any atom is 0.0991 e. The summed E-state index contributed by atoms with van der Waals surface area (Å²) in [5.74, 6) is 0.356. The summed E-state index contributed by atoms with van der Waals surface area (Å²) < 4.78 is 0. The van der Waals surface area contributed by atoms with Crippen molar-refractivity contribution in [2.45, 2.75) is 12.5 Å². The van der Waals surface area contributed by atoms with Gasteiger partial charge in [-0.15, -0.1) is 0 Å². The Morgan fingerprint density at radius 3 is 2.95 bits per heavy atom. The lowest BCUT2D eigenvalue weighted by atomic mass is 9.84. The lowest BCUT2D eigenvalue weighted by molar-refractivity contribution is 0.295. The van der Waals surface area contributed by atoms with E-state index < -0.39 is 0 Å². The highest BCUT2D eigenvalue weighted by molar-refractivity contribution is 5.80. The first-order chi connectivity index (χ1) is 10.7. The molecule has 108 valence electrons. The minimum absolute atomic E-state index is 0.356. The van der Waals surface area contributed by atoms with Crippen LogP contribution in [0.15, 0.2) is 48.7 Å². The highest BCUT2D eigenvalue weighted by Crippen LogP contribution is 2.34. The van der Waals surface area contributed by atoms with Crippen LogP contribution in [0.3, 0.4) is 0 Å². The Morgan fingerprint density at radius 2 is 2.09 bits per heavy atom. The molecule has 0 aliphatic carbocycles. The van der Waals surface area contributed by atoms with E-state index in [1.165, 1.54) is 27.6 Å². The fourth-order valence-electron chi connectivity index (χ4n) is 3.48. The number of benzene rings is 2. The summed E-state index contributed by atoms with van der Waals surface area (Å²) in [5, 5.41) is 10.4. The van der Waals surface area contributed by atoms with Crippen LogP contribution < -0.4 is 0 Å². The second kappa shape index (κ2) is 5.01. The van der Waals surface area contributed by atoms with Crippen LogP contribution in [-0.2, 0) is 6.54 Å². The number of nitriles is 1. The molecule has 1 aromatic heterocycles. The predicted molar refractivity (Wildman–Crippen MR) is 87.6 cm³/mol. The van der Waals surface area contributed by atoms with Gasteiger partial charge in [0.05, 0.1) is 11.6 Å². The molecule has 1 atom stereocenters. The fraction of sp³-hybridized carbons (Fsp3) is 0.211. The van der Waals surface area contributed by atoms with Gasteiger partial charge in [-0.05, 0) is 53.4 Å². The molecule has 0 spiro atoms. The first-order valence-corrected chi connectivity index (χ1v) is 7.53. The topological polar surface area (TPSA) is 42.8 Å². The zero-order valence-corrected chi connectivity index (χ0v) is 12.5. The number of aromatic nitrogens is 1. The van der Waals surface area contributed by atoms with Crippen LogP contribution in [0.25, 0.3) is 10.9 Å². The zero-order chi connectivity index (χ0) is 15.1. The van der Waals surface area contributed by atoms with Crippen molar-refractivity contribution in [2.24, 2.45) is 0 Å². The van der Waals surface area contributed by atoms with Crippen LogP contribution in [0.4, 0.5) is 0 Å². The van der Waals surface area contributed by atoms with Crippen LogP contribution in [0.2, 0.25) is 0 Å². The van der Waals surface area contributed by atoms with Crippen molar-refractivity contribution in [1.29, 1.82) is 5.26 Å².